The van der Waals surface area contributed by atoms with Gasteiger partial charge in [-0.1, -0.05) is 35.5 Å². The van der Waals surface area contributed by atoms with Crippen molar-refractivity contribution in [3.63, 3.8) is 0 Å². The van der Waals surface area contributed by atoms with Gasteiger partial charge in [0.1, 0.15) is 5.82 Å². The summed E-state index contributed by atoms with van der Waals surface area (Å²) in [6.45, 7) is 2.40. The van der Waals surface area contributed by atoms with E-state index in [1.165, 1.54) is 12.1 Å². The Morgan fingerprint density at radius 3 is 2.47 bits per heavy atom. The third kappa shape index (κ3) is 6.32. The maximum Gasteiger partial charge on any atom is 0.277 e. The van der Waals surface area contributed by atoms with E-state index >= 15 is 0 Å². The van der Waals surface area contributed by atoms with Crippen LogP contribution in [0.3, 0.4) is 0 Å². The first-order valence-electron chi connectivity index (χ1n) is 11.9. The first-order chi connectivity index (χ1) is 18.4. The van der Waals surface area contributed by atoms with Gasteiger partial charge in [0.25, 0.3) is 11.1 Å². The number of piperazine rings is 1. The molecule has 8 nitrogen and oxygen atoms in total. The van der Waals surface area contributed by atoms with E-state index in [4.69, 9.17) is 16.0 Å². The van der Waals surface area contributed by atoms with Gasteiger partial charge in [-0.2, -0.15) is 0 Å². The summed E-state index contributed by atoms with van der Waals surface area (Å²) in [7, 11) is 0. The molecule has 1 aromatic heterocycles. The van der Waals surface area contributed by atoms with Gasteiger partial charge in [-0.05, 0) is 60.7 Å². The highest BCUT2D eigenvalue weighted by atomic mass is 35.5. The van der Waals surface area contributed by atoms with Gasteiger partial charge in [-0.25, -0.2) is 4.39 Å². The Morgan fingerprint density at radius 2 is 1.74 bits per heavy atom. The lowest BCUT2D eigenvalue weighted by atomic mass is 10.1. The molecule has 0 bridgehead atoms. The van der Waals surface area contributed by atoms with E-state index in [9.17, 15) is 14.0 Å². The molecular formula is C27H23ClFN5O3S. The van der Waals surface area contributed by atoms with Crippen molar-refractivity contribution in [3.05, 3.63) is 89.2 Å². The minimum atomic E-state index is -0.419. The van der Waals surface area contributed by atoms with Crippen LogP contribution in [0.1, 0.15) is 10.4 Å². The number of anilines is 2. The largest absolute Gasteiger partial charge is 0.411 e. The average Bonchev–Trinajstić information content (AvgIpc) is 3.41. The molecule has 1 aliphatic heterocycles. The Kier molecular flexibility index (Phi) is 7.90. The van der Waals surface area contributed by atoms with Gasteiger partial charge in [-0.15, -0.1) is 10.2 Å². The van der Waals surface area contributed by atoms with Crippen LogP contribution in [-0.4, -0.2) is 58.8 Å². The van der Waals surface area contributed by atoms with E-state index in [0.29, 0.717) is 59.1 Å². The van der Waals surface area contributed by atoms with E-state index in [-0.39, 0.29) is 17.6 Å². The second kappa shape index (κ2) is 11.7. The summed E-state index contributed by atoms with van der Waals surface area (Å²) >= 11 is 7.15. The van der Waals surface area contributed by atoms with E-state index in [0.717, 1.165) is 17.4 Å². The van der Waals surface area contributed by atoms with Gasteiger partial charge < -0.3 is 19.5 Å². The third-order valence-corrected chi connectivity index (χ3v) is 7.01. The maximum atomic E-state index is 13.5. The molecule has 1 N–H and O–H groups in total. The van der Waals surface area contributed by atoms with Crippen molar-refractivity contribution in [2.75, 3.05) is 42.1 Å². The molecule has 194 valence electrons. The van der Waals surface area contributed by atoms with Crippen molar-refractivity contribution in [1.29, 1.82) is 0 Å². The van der Waals surface area contributed by atoms with E-state index in [2.05, 4.69) is 20.4 Å². The Hall–Kier alpha value is -3.89. The number of carbonyl (C=O) groups is 2. The van der Waals surface area contributed by atoms with Gasteiger partial charge in [0.2, 0.25) is 11.8 Å². The van der Waals surface area contributed by atoms with Crippen molar-refractivity contribution in [2.24, 2.45) is 0 Å². The number of benzene rings is 3. The first kappa shape index (κ1) is 25.7. The summed E-state index contributed by atoms with van der Waals surface area (Å²) in [4.78, 5) is 29.0. The number of hydrogen-bond acceptors (Lipinski definition) is 7. The highest BCUT2D eigenvalue weighted by Gasteiger charge is 2.22. The zero-order chi connectivity index (χ0) is 26.5. The molecule has 38 heavy (non-hydrogen) atoms. The molecule has 5 rings (SSSR count). The normalized spacial score (nSPS) is 13.4. The SMILES string of the molecule is O=C(CSc1nnc(-c2cccc(Cl)c2)o1)Nc1ccc(N2CCN(C(=O)c3cccc(F)c3)CC2)cc1. The van der Waals surface area contributed by atoms with Gasteiger partial charge in [0.15, 0.2) is 0 Å². The summed E-state index contributed by atoms with van der Waals surface area (Å²) in [5, 5.41) is 11.7. The highest BCUT2D eigenvalue weighted by Crippen LogP contribution is 2.26. The number of hydrogen-bond donors (Lipinski definition) is 1. The number of halogens is 2. The molecule has 0 saturated carbocycles. The molecule has 2 heterocycles. The van der Waals surface area contributed by atoms with Crippen molar-refractivity contribution in [3.8, 4) is 11.5 Å². The van der Waals surface area contributed by atoms with Crippen LogP contribution in [0, 0.1) is 5.82 Å². The van der Waals surface area contributed by atoms with Crippen LogP contribution in [0.4, 0.5) is 15.8 Å². The summed E-state index contributed by atoms with van der Waals surface area (Å²) in [5.74, 6) is -0.334. The van der Waals surface area contributed by atoms with E-state index in [1.54, 1.807) is 35.2 Å². The van der Waals surface area contributed by atoms with Gasteiger partial charge in [0.05, 0.1) is 5.75 Å². The maximum absolute atomic E-state index is 13.5. The molecule has 3 aromatic carbocycles. The second-order valence-electron chi connectivity index (χ2n) is 8.56. The minimum Gasteiger partial charge on any atom is -0.411 e. The lowest BCUT2D eigenvalue weighted by Gasteiger charge is -2.36. The van der Waals surface area contributed by atoms with E-state index in [1.807, 2.05) is 30.3 Å². The zero-order valence-corrected chi connectivity index (χ0v) is 21.7. The molecule has 0 radical (unpaired) electrons. The molecule has 0 aliphatic carbocycles. The predicted molar refractivity (Wildman–Crippen MR) is 145 cm³/mol. The topological polar surface area (TPSA) is 91.6 Å². The molecule has 1 fully saturated rings. The molecular weight excluding hydrogens is 529 g/mol. The van der Waals surface area contributed by atoms with Gasteiger partial charge in [-0.3, -0.25) is 9.59 Å². The Bertz CT molecular complexity index is 1440. The van der Waals surface area contributed by atoms with Crippen LogP contribution >= 0.6 is 23.4 Å². The second-order valence-corrected chi connectivity index (χ2v) is 9.92. The lowest BCUT2D eigenvalue weighted by molar-refractivity contribution is -0.113. The standard InChI is InChI=1S/C27H23ClFN5O3S/c28-20-5-1-3-18(15-20)25-31-32-27(37-25)38-17-24(35)30-22-7-9-23(10-8-22)33-11-13-34(14-12-33)26(36)19-4-2-6-21(29)16-19/h1-10,15-16H,11-14,17H2,(H,30,35). The average molecular weight is 552 g/mol. The lowest BCUT2D eigenvalue weighted by Crippen LogP contribution is -2.48. The summed E-state index contributed by atoms with van der Waals surface area (Å²) in [6.07, 6.45) is 0. The van der Waals surface area contributed by atoms with Crippen molar-refractivity contribution in [1.82, 2.24) is 15.1 Å². The Labute approximate surface area is 227 Å². The molecule has 1 saturated heterocycles. The molecule has 11 heteroatoms. The van der Waals surface area contributed by atoms with Crippen LogP contribution in [-0.2, 0) is 4.79 Å². The fourth-order valence-corrected chi connectivity index (χ4v) is 4.81. The smallest absolute Gasteiger partial charge is 0.277 e. The van der Waals surface area contributed by atoms with Crippen LogP contribution in [0.5, 0.6) is 0 Å². The molecule has 0 spiro atoms. The molecule has 1 aliphatic rings. The molecule has 0 atom stereocenters. The quantitative estimate of drug-likeness (QED) is 0.315. The van der Waals surface area contributed by atoms with Crippen LogP contribution < -0.4 is 10.2 Å². The fourth-order valence-electron chi connectivity index (χ4n) is 4.06. The molecule has 4 aromatic rings. The Morgan fingerprint density at radius 1 is 0.974 bits per heavy atom. The number of thioether (sulfide) groups is 1. The molecule has 2 amide bonds. The number of aromatic nitrogens is 2. The molecule has 0 unspecified atom stereocenters. The van der Waals surface area contributed by atoms with Crippen LogP contribution in [0.15, 0.2) is 82.4 Å². The van der Waals surface area contributed by atoms with Gasteiger partial charge >= 0.3 is 0 Å². The summed E-state index contributed by atoms with van der Waals surface area (Å²) in [6, 6.07) is 20.4. The summed E-state index contributed by atoms with van der Waals surface area (Å²) in [5.41, 5.74) is 2.73. The van der Waals surface area contributed by atoms with Crippen molar-refractivity contribution >= 4 is 46.6 Å². The number of rotatable bonds is 7. The first-order valence-corrected chi connectivity index (χ1v) is 13.2. The highest BCUT2D eigenvalue weighted by molar-refractivity contribution is 7.99. The number of nitrogens with zero attached hydrogens (tertiary/aromatic N) is 4. The number of carbonyl (C=O) groups excluding carboxylic acids is 2. The summed E-state index contributed by atoms with van der Waals surface area (Å²) < 4.78 is 19.1. The fraction of sp³-hybridized carbons (Fsp3) is 0.185. The van der Waals surface area contributed by atoms with Crippen LogP contribution in [0.25, 0.3) is 11.5 Å². The Balaban J connectivity index is 1.09. The zero-order valence-electron chi connectivity index (χ0n) is 20.1. The minimum absolute atomic E-state index is 0.111. The van der Waals surface area contributed by atoms with E-state index < -0.39 is 5.82 Å². The van der Waals surface area contributed by atoms with Crippen LogP contribution in [0.2, 0.25) is 5.02 Å². The van der Waals surface area contributed by atoms with Gasteiger partial charge in [0, 0.05) is 53.7 Å². The number of amides is 2. The van der Waals surface area contributed by atoms with Crippen molar-refractivity contribution < 1.29 is 18.4 Å². The monoisotopic (exact) mass is 551 g/mol. The predicted octanol–water partition coefficient (Wildman–Crippen LogP) is 5.22. The third-order valence-electron chi connectivity index (χ3n) is 5.96. The van der Waals surface area contributed by atoms with Crippen molar-refractivity contribution in [2.45, 2.75) is 5.22 Å². The number of nitrogens with one attached hydrogen (secondary N) is 1.